The molecule has 0 unspecified atom stereocenters. The summed E-state index contributed by atoms with van der Waals surface area (Å²) in [6.45, 7) is 2.76. The first-order valence-corrected chi connectivity index (χ1v) is 12.8. The number of methoxy groups -OCH3 is 4. The highest BCUT2D eigenvalue weighted by Crippen LogP contribution is 2.50. The lowest BCUT2D eigenvalue weighted by Gasteiger charge is -2.33. The van der Waals surface area contributed by atoms with Crippen molar-refractivity contribution >= 4 is 18.0 Å². The molecule has 1 amide bonds. The number of carbonyl (C=O) groups excluding carboxylic acids is 2. The first-order valence-electron chi connectivity index (χ1n) is 12.8. The van der Waals surface area contributed by atoms with Gasteiger partial charge in [-0.25, -0.2) is 0 Å². The van der Waals surface area contributed by atoms with E-state index >= 15 is 0 Å². The van der Waals surface area contributed by atoms with Crippen LogP contribution in [-0.4, -0.2) is 53.7 Å². The summed E-state index contributed by atoms with van der Waals surface area (Å²) >= 11 is 0. The average molecular weight is 526 g/mol. The Morgan fingerprint density at radius 2 is 1.61 bits per heavy atom. The molecule has 0 radical (unpaired) electrons. The molecule has 9 nitrogen and oxygen atoms in total. The maximum Gasteiger partial charge on any atom is 0.314 e. The quantitative estimate of drug-likeness (QED) is 0.339. The third-order valence-electron chi connectivity index (χ3n) is 6.97. The van der Waals surface area contributed by atoms with Crippen molar-refractivity contribution in [1.82, 2.24) is 5.32 Å². The lowest BCUT2D eigenvalue weighted by Crippen LogP contribution is -2.37. The van der Waals surface area contributed by atoms with Gasteiger partial charge < -0.3 is 33.7 Å². The van der Waals surface area contributed by atoms with Crippen LogP contribution in [0.3, 0.4) is 0 Å². The fourth-order valence-electron chi connectivity index (χ4n) is 5.09. The lowest BCUT2D eigenvalue weighted by molar-refractivity contribution is -0.145. The minimum absolute atomic E-state index is 0.0995. The standard InChI is InChI=1S/C29H35NO8/c1-6-7-8-9-10-30-28(31)20-11-17-12-21-22(38-16-37-21)15-19(17)25(26(20)29(32)36-5)18-13-23(33-2)27(35-4)24(14-18)34-3/h11-15,25-26H,6-10,16H2,1-5H3,(H,30,31)/t25-,26-/m1/s1. The van der Waals surface area contributed by atoms with Crippen molar-refractivity contribution < 1.29 is 38.0 Å². The summed E-state index contributed by atoms with van der Waals surface area (Å²) in [5.41, 5.74) is 2.55. The molecule has 2 aromatic rings. The molecule has 2 aliphatic rings. The maximum atomic E-state index is 13.5. The fraction of sp³-hybridized carbons (Fsp3) is 0.448. The van der Waals surface area contributed by atoms with E-state index in [0.29, 0.717) is 46.4 Å². The summed E-state index contributed by atoms with van der Waals surface area (Å²) in [6, 6.07) is 7.28. The van der Waals surface area contributed by atoms with Crippen molar-refractivity contribution in [3.8, 4) is 28.7 Å². The van der Waals surface area contributed by atoms with Crippen LogP contribution in [0.5, 0.6) is 28.7 Å². The third-order valence-corrected chi connectivity index (χ3v) is 6.97. The zero-order valence-electron chi connectivity index (χ0n) is 22.6. The zero-order valence-corrected chi connectivity index (χ0v) is 22.6. The highest BCUT2D eigenvalue weighted by atomic mass is 16.7. The summed E-state index contributed by atoms with van der Waals surface area (Å²) in [6.07, 6.45) is 5.84. The molecule has 38 heavy (non-hydrogen) atoms. The van der Waals surface area contributed by atoms with Gasteiger partial charge in [-0.1, -0.05) is 26.2 Å². The van der Waals surface area contributed by atoms with E-state index in [2.05, 4.69) is 12.2 Å². The summed E-state index contributed by atoms with van der Waals surface area (Å²) in [7, 11) is 5.91. The number of carbonyl (C=O) groups is 2. The molecular weight excluding hydrogens is 490 g/mol. The summed E-state index contributed by atoms with van der Waals surface area (Å²) in [4.78, 5) is 26.9. The Balaban J connectivity index is 1.86. The highest BCUT2D eigenvalue weighted by molar-refractivity contribution is 6.05. The van der Waals surface area contributed by atoms with Gasteiger partial charge >= 0.3 is 5.97 Å². The number of benzene rings is 2. The maximum absolute atomic E-state index is 13.5. The van der Waals surface area contributed by atoms with E-state index in [-0.39, 0.29) is 12.7 Å². The molecule has 0 fully saturated rings. The Labute approximate surface area is 223 Å². The first-order chi connectivity index (χ1) is 18.5. The average Bonchev–Trinajstić information content (AvgIpc) is 3.40. The number of hydrogen-bond donors (Lipinski definition) is 1. The predicted octanol–water partition coefficient (Wildman–Crippen LogP) is 4.46. The Morgan fingerprint density at radius 1 is 0.921 bits per heavy atom. The topological polar surface area (TPSA) is 102 Å². The molecule has 0 spiro atoms. The number of ether oxygens (including phenoxy) is 6. The molecule has 204 valence electrons. The van der Waals surface area contributed by atoms with Crippen LogP contribution in [0.4, 0.5) is 0 Å². The second-order valence-electron chi connectivity index (χ2n) is 9.19. The minimum Gasteiger partial charge on any atom is -0.493 e. The highest BCUT2D eigenvalue weighted by Gasteiger charge is 2.43. The van der Waals surface area contributed by atoms with Crippen molar-refractivity contribution in [3.63, 3.8) is 0 Å². The number of amides is 1. The van der Waals surface area contributed by atoms with Crippen molar-refractivity contribution in [2.24, 2.45) is 5.92 Å². The Kier molecular flexibility index (Phi) is 8.66. The van der Waals surface area contributed by atoms with E-state index in [1.165, 1.54) is 28.4 Å². The van der Waals surface area contributed by atoms with Gasteiger partial charge in [0.05, 0.1) is 34.4 Å². The molecule has 4 rings (SSSR count). The Morgan fingerprint density at radius 3 is 2.21 bits per heavy atom. The van der Waals surface area contributed by atoms with E-state index < -0.39 is 17.8 Å². The fourth-order valence-corrected chi connectivity index (χ4v) is 5.09. The van der Waals surface area contributed by atoms with Crippen LogP contribution in [-0.2, 0) is 14.3 Å². The van der Waals surface area contributed by atoms with E-state index in [4.69, 9.17) is 28.4 Å². The number of fused-ring (bicyclic) bond motifs is 2. The van der Waals surface area contributed by atoms with Gasteiger partial charge in [-0.2, -0.15) is 0 Å². The Bertz CT molecular complexity index is 1200. The predicted molar refractivity (Wildman–Crippen MR) is 141 cm³/mol. The number of unbranched alkanes of at least 4 members (excludes halogenated alkanes) is 3. The molecule has 1 heterocycles. The lowest BCUT2D eigenvalue weighted by atomic mass is 9.71. The molecule has 9 heteroatoms. The molecule has 1 aliphatic heterocycles. The minimum atomic E-state index is -0.925. The van der Waals surface area contributed by atoms with E-state index in [9.17, 15) is 9.59 Å². The SMILES string of the molecule is CCCCCCNC(=O)C1=Cc2cc3c(cc2[C@@H](c2cc(OC)c(OC)c(OC)c2)[C@@H]1C(=O)OC)OCO3. The molecule has 0 saturated carbocycles. The first kappa shape index (κ1) is 27.2. The summed E-state index contributed by atoms with van der Waals surface area (Å²) < 4.78 is 33.2. The summed E-state index contributed by atoms with van der Waals surface area (Å²) in [5.74, 6) is 0.0839. The molecule has 0 saturated heterocycles. The molecule has 0 bridgehead atoms. The van der Waals surface area contributed by atoms with E-state index in [0.717, 1.165) is 36.8 Å². The van der Waals surface area contributed by atoms with Crippen molar-refractivity contribution in [1.29, 1.82) is 0 Å². The third kappa shape index (κ3) is 5.23. The van der Waals surface area contributed by atoms with Crippen LogP contribution >= 0.6 is 0 Å². The van der Waals surface area contributed by atoms with E-state index in [1.54, 1.807) is 18.2 Å². The molecule has 0 aromatic heterocycles. The van der Waals surface area contributed by atoms with Crippen molar-refractivity contribution in [2.75, 3.05) is 41.8 Å². The van der Waals surface area contributed by atoms with Gasteiger partial charge in [-0.3, -0.25) is 9.59 Å². The van der Waals surface area contributed by atoms with Crippen molar-refractivity contribution in [3.05, 3.63) is 46.5 Å². The van der Waals surface area contributed by atoms with Gasteiger partial charge in [0.25, 0.3) is 0 Å². The molecule has 2 atom stereocenters. The molecule has 2 aromatic carbocycles. The van der Waals surface area contributed by atoms with Crippen LogP contribution in [0.2, 0.25) is 0 Å². The Hall–Kier alpha value is -3.88. The number of hydrogen-bond acceptors (Lipinski definition) is 8. The van der Waals surface area contributed by atoms with Gasteiger partial charge in [0.2, 0.25) is 18.4 Å². The largest absolute Gasteiger partial charge is 0.493 e. The van der Waals surface area contributed by atoms with Gasteiger partial charge in [-0.15, -0.1) is 0 Å². The van der Waals surface area contributed by atoms with Crippen LogP contribution in [0, 0.1) is 5.92 Å². The second kappa shape index (κ2) is 12.1. The van der Waals surface area contributed by atoms with Crippen molar-refractivity contribution in [2.45, 2.75) is 38.5 Å². The smallest absolute Gasteiger partial charge is 0.314 e. The van der Waals surface area contributed by atoms with Crippen LogP contribution in [0.25, 0.3) is 6.08 Å². The normalized spacial score (nSPS) is 17.2. The van der Waals surface area contributed by atoms with Gasteiger partial charge in [0.1, 0.15) is 0 Å². The second-order valence-corrected chi connectivity index (χ2v) is 9.19. The van der Waals surface area contributed by atoms with Crippen LogP contribution < -0.4 is 29.0 Å². The van der Waals surface area contributed by atoms with Gasteiger partial charge in [0.15, 0.2) is 23.0 Å². The van der Waals surface area contributed by atoms with Gasteiger partial charge in [-0.05, 0) is 53.5 Å². The molecule has 1 aliphatic carbocycles. The molecular formula is C29H35NO8. The van der Waals surface area contributed by atoms with Crippen LogP contribution in [0.15, 0.2) is 29.8 Å². The van der Waals surface area contributed by atoms with Crippen LogP contribution in [0.1, 0.15) is 55.2 Å². The summed E-state index contributed by atoms with van der Waals surface area (Å²) in [5, 5.41) is 3.00. The monoisotopic (exact) mass is 525 g/mol. The van der Waals surface area contributed by atoms with Gasteiger partial charge in [0, 0.05) is 18.0 Å². The zero-order chi connectivity index (χ0) is 27.2. The number of esters is 1. The molecule has 1 N–H and O–H groups in total. The van der Waals surface area contributed by atoms with E-state index in [1.807, 2.05) is 12.1 Å². The number of nitrogens with one attached hydrogen (secondary N) is 1. The number of rotatable bonds is 11.